The third-order valence-corrected chi connectivity index (χ3v) is 2.79. The quantitative estimate of drug-likeness (QED) is 0.839. The predicted molar refractivity (Wildman–Crippen MR) is 69.8 cm³/mol. The zero-order valence-electron chi connectivity index (χ0n) is 10.9. The van der Waals surface area contributed by atoms with Gasteiger partial charge in [-0.05, 0) is 26.0 Å². The molecule has 2 aromatic rings. The van der Waals surface area contributed by atoms with Gasteiger partial charge in [-0.25, -0.2) is 0 Å². The van der Waals surface area contributed by atoms with Gasteiger partial charge in [-0.2, -0.15) is 0 Å². The van der Waals surface area contributed by atoms with Crippen molar-refractivity contribution in [3.63, 3.8) is 0 Å². The first kappa shape index (κ1) is 13.2. The van der Waals surface area contributed by atoms with Crippen LogP contribution in [0.2, 0.25) is 0 Å². The number of hydrogen-bond donors (Lipinski definition) is 2. The number of amides is 1. The summed E-state index contributed by atoms with van der Waals surface area (Å²) in [6, 6.07) is 9.48. The van der Waals surface area contributed by atoms with Crippen molar-refractivity contribution in [3.8, 4) is 11.5 Å². The van der Waals surface area contributed by atoms with Crippen LogP contribution in [0.4, 0.5) is 0 Å². The molecule has 0 saturated heterocycles. The highest BCUT2D eigenvalue weighted by molar-refractivity contribution is 5.83. The molecule has 0 aliphatic carbocycles. The van der Waals surface area contributed by atoms with Crippen molar-refractivity contribution in [2.75, 3.05) is 0 Å². The van der Waals surface area contributed by atoms with Gasteiger partial charge in [0.05, 0.1) is 12.1 Å². The Hall–Kier alpha value is -2.21. The maximum Gasteiger partial charge on any atom is 0.247 e. The Bertz CT molecular complexity index is 563. The van der Waals surface area contributed by atoms with Gasteiger partial charge < -0.3 is 10.2 Å². The van der Waals surface area contributed by atoms with E-state index < -0.39 is 11.4 Å². The molecule has 0 radical (unpaired) electrons. The molecule has 100 valence electrons. The second-order valence-electron chi connectivity index (χ2n) is 4.71. The minimum Gasteiger partial charge on any atom is -0.419 e. The maximum absolute atomic E-state index is 11.2. The number of benzene rings is 1. The lowest BCUT2D eigenvalue weighted by atomic mass is 10.1. The van der Waals surface area contributed by atoms with E-state index in [1.165, 1.54) is 0 Å². The van der Waals surface area contributed by atoms with Gasteiger partial charge in [0.1, 0.15) is 0 Å². The van der Waals surface area contributed by atoms with Gasteiger partial charge in [-0.3, -0.25) is 10.1 Å². The van der Waals surface area contributed by atoms with Crippen molar-refractivity contribution >= 4 is 5.91 Å². The van der Waals surface area contributed by atoms with Crippen LogP contribution in [0.25, 0.3) is 11.5 Å². The minimum absolute atomic E-state index is 0.287. The highest BCUT2D eigenvalue weighted by Crippen LogP contribution is 2.17. The molecule has 0 fully saturated rings. The van der Waals surface area contributed by atoms with Crippen molar-refractivity contribution < 1.29 is 9.21 Å². The number of carbonyl (C=O) groups is 1. The Labute approximate surface area is 111 Å². The second-order valence-corrected chi connectivity index (χ2v) is 4.71. The molecular formula is C13H16N4O2. The molecule has 0 aliphatic heterocycles. The molecule has 6 nitrogen and oxygen atoms in total. The Morgan fingerprint density at radius 3 is 2.63 bits per heavy atom. The first-order valence-electron chi connectivity index (χ1n) is 5.92. The van der Waals surface area contributed by atoms with Crippen LogP contribution in [0.3, 0.4) is 0 Å². The SMILES string of the molecule is CC(C)(NCc1nnc(-c2ccccc2)o1)C(N)=O. The molecule has 2 rings (SSSR count). The van der Waals surface area contributed by atoms with E-state index >= 15 is 0 Å². The molecule has 1 aromatic heterocycles. The van der Waals surface area contributed by atoms with Crippen molar-refractivity contribution in [2.24, 2.45) is 5.73 Å². The molecule has 0 unspecified atom stereocenters. The van der Waals surface area contributed by atoms with Crippen LogP contribution >= 0.6 is 0 Å². The van der Waals surface area contributed by atoms with Crippen LogP contribution < -0.4 is 11.1 Å². The zero-order chi connectivity index (χ0) is 13.9. The van der Waals surface area contributed by atoms with E-state index in [0.29, 0.717) is 11.8 Å². The largest absolute Gasteiger partial charge is 0.419 e. The summed E-state index contributed by atoms with van der Waals surface area (Å²) < 4.78 is 5.51. The number of aromatic nitrogens is 2. The number of carbonyl (C=O) groups excluding carboxylic acids is 1. The fourth-order valence-corrected chi connectivity index (χ4v) is 1.41. The summed E-state index contributed by atoms with van der Waals surface area (Å²) in [6.07, 6.45) is 0. The maximum atomic E-state index is 11.2. The van der Waals surface area contributed by atoms with Crippen LogP contribution in [-0.4, -0.2) is 21.6 Å². The van der Waals surface area contributed by atoms with Crippen molar-refractivity contribution in [1.82, 2.24) is 15.5 Å². The molecule has 1 aromatic carbocycles. The van der Waals surface area contributed by atoms with Crippen LogP contribution in [-0.2, 0) is 11.3 Å². The van der Waals surface area contributed by atoms with Crippen molar-refractivity contribution in [1.29, 1.82) is 0 Å². The highest BCUT2D eigenvalue weighted by Gasteiger charge is 2.24. The van der Waals surface area contributed by atoms with Gasteiger partial charge in [-0.15, -0.1) is 10.2 Å². The summed E-state index contributed by atoms with van der Waals surface area (Å²) in [7, 11) is 0. The summed E-state index contributed by atoms with van der Waals surface area (Å²) >= 11 is 0. The van der Waals surface area contributed by atoms with Crippen LogP contribution in [0, 0.1) is 0 Å². The summed E-state index contributed by atoms with van der Waals surface area (Å²) in [4.78, 5) is 11.2. The average molecular weight is 260 g/mol. The summed E-state index contributed by atoms with van der Waals surface area (Å²) in [5.74, 6) is 0.428. The number of nitrogens with one attached hydrogen (secondary N) is 1. The molecule has 0 aliphatic rings. The average Bonchev–Trinajstić information content (AvgIpc) is 2.86. The smallest absolute Gasteiger partial charge is 0.247 e. The van der Waals surface area contributed by atoms with Gasteiger partial charge in [0.25, 0.3) is 0 Å². The van der Waals surface area contributed by atoms with Gasteiger partial charge >= 0.3 is 0 Å². The zero-order valence-corrected chi connectivity index (χ0v) is 10.9. The van der Waals surface area contributed by atoms with E-state index in [9.17, 15) is 4.79 Å². The van der Waals surface area contributed by atoms with Gasteiger partial charge in [0, 0.05) is 5.56 Å². The first-order chi connectivity index (χ1) is 8.99. The van der Waals surface area contributed by atoms with Gasteiger partial charge in [0.2, 0.25) is 17.7 Å². The van der Waals surface area contributed by atoms with Gasteiger partial charge in [0.15, 0.2) is 0 Å². The third kappa shape index (κ3) is 3.17. The summed E-state index contributed by atoms with van der Waals surface area (Å²) in [5, 5.41) is 10.9. The standard InChI is InChI=1S/C13H16N4O2/c1-13(2,12(14)18)15-8-10-16-17-11(19-10)9-6-4-3-5-7-9/h3-7,15H,8H2,1-2H3,(H2,14,18). The number of primary amides is 1. The van der Waals surface area contributed by atoms with Crippen LogP contribution in [0.15, 0.2) is 34.7 Å². The van der Waals surface area contributed by atoms with E-state index in [4.69, 9.17) is 10.2 Å². The Morgan fingerprint density at radius 1 is 1.32 bits per heavy atom. The molecule has 3 N–H and O–H groups in total. The van der Waals surface area contributed by atoms with Gasteiger partial charge in [-0.1, -0.05) is 18.2 Å². The Kier molecular flexibility index (Phi) is 3.62. The van der Waals surface area contributed by atoms with E-state index in [-0.39, 0.29) is 6.54 Å². The predicted octanol–water partition coefficient (Wildman–Crippen LogP) is 1.09. The molecule has 0 spiro atoms. The minimum atomic E-state index is -0.818. The monoisotopic (exact) mass is 260 g/mol. The molecule has 6 heteroatoms. The third-order valence-electron chi connectivity index (χ3n) is 2.79. The van der Waals surface area contributed by atoms with Crippen LogP contribution in [0.1, 0.15) is 19.7 Å². The van der Waals surface area contributed by atoms with E-state index in [1.54, 1.807) is 13.8 Å². The lowest BCUT2D eigenvalue weighted by Gasteiger charge is -2.20. The number of nitrogens with zero attached hydrogens (tertiary/aromatic N) is 2. The normalized spacial score (nSPS) is 11.5. The number of hydrogen-bond acceptors (Lipinski definition) is 5. The van der Waals surface area contributed by atoms with Crippen LogP contribution in [0.5, 0.6) is 0 Å². The summed E-state index contributed by atoms with van der Waals surface area (Å²) in [5.41, 5.74) is 5.30. The molecule has 19 heavy (non-hydrogen) atoms. The first-order valence-corrected chi connectivity index (χ1v) is 5.92. The molecule has 1 heterocycles. The Morgan fingerprint density at radius 2 is 2.00 bits per heavy atom. The fraction of sp³-hybridized carbons (Fsp3) is 0.308. The number of nitrogens with two attached hydrogens (primary N) is 1. The molecule has 0 bridgehead atoms. The van der Waals surface area contributed by atoms with E-state index in [2.05, 4.69) is 15.5 Å². The molecular weight excluding hydrogens is 244 g/mol. The molecule has 0 saturated carbocycles. The van der Waals surface area contributed by atoms with Crippen molar-refractivity contribution in [3.05, 3.63) is 36.2 Å². The van der Waals surface area contributed by atoms with E-state index in [1.807, 2.05) is 30.3 Å². The summed E-state index contributed by atoms with van der Waals surface area (Å²) in [6.45, 7) is 3.68. The molecule has 1 amide bonds. The molecule has 0 atom stereocenters. The highest BCUT2D eigenvalue weighted by atomic mass is 16.4. The Balaban J connectivity index is 2.05. The lowest BCUT2D eigenvalue weighted by molar-refractivity contribution is -0.123. The van der Waals surface area contributed by atoms with Crippen molar-refractivity contribution in [2.45, 2.75) is 25.9 Å². The number of rotatable bonds is 5. The fourth-order valence-electron chi connectivity index (χ4n) is 1.41. The lowest BCUT2D eigenvalue weighted by Crippen LogP contribution is -2.50. The second kappa shape index (κ2) is 5.19. The van der Waals surface area contributed by atoms with E-state index in [0.717, 1.165) is 5.56 Å². The topological polar surface area (TPSA) is 94.0 Å².